The van der Waals surface area contributed by atoms with Crippen molar-refractivity contribution in [3.8, 4) is 0 Å². The molecular formula is C21H30N4O4S2. The molecule has 1 aliphatic rings. The lowest BCUT2D eigenvalue weighted by Crippen LogP contribution is -2.49. The number of sulfonamides is 2. The fourth-order valence-corrected chi connectivity index (χ4v) is 6.35. The van der Waals surface area contributed by atoms with Crippen LogP contribution in [-0.2, 0) is 25.8 Å². The molecule has 1 aromatic heterocycles. The summed E-state index contributed by atoms with van der Waals surface area (Å²) in [5.41, 5.74) is 0.769. The maximum atomic E-state index is 12.7. The van der Waals surface area contributed by atoms with E-state index in [2.05, 4.69) is 9.71 Å². The fraction of sp³-hybridized carbons (Fsp3) is 0.476. The summed E-state index contributed by atoms with van der Waals surface area (Å²) in [5.74, 6) is 0.628. The summed E-state index contributed by atoms with van der Waals surface area (Å²) in [6.45, 7) is 5.58. The summed E-state index contributed by atoms with van der Waals surface area (Å²) in [6, 6.07) is 12.2. The molecule has 10 heteroatoms. The van der Waals surface area contributed by atoms with Crippen LogP contribution in [0, 0.1) is 0 Å². The van der Waals surface area contributed by atoms with Crippen molar-refractivity contribution in [1.82, 2.24) is 14.0 Å². The van der Waals surface area contributed by atoms with Crippen LogP contribution < -0.4 is 9.62 Å². The number of rotatable bonds is 9. The minimum Gasteiger partial charge on any atom is -0.354 e. The van der Waals surface area contributed by atoms with E-state index in [0.717, 1.165) is 18.4 Å². The molecule has 1 saturated heterocycles. The first-order chi connectivity index (χ1) is 14.7. The molecule has 0 radical (unpaired) electrons. The van der Waals surface area contributed by atoms with E-state index < -0.39 is 20.0 Å². The van der Waals surface area contributed by atoms with Crippen molar-refractivity contribution in [1.29, 1.82) is 0 Å². The number of anilines is 1. The van der Waals surface area contributed by atoms with E-state index in [1.807, 2.05) is 49.1 Å². The van der Waals surface area contributed by atoms with E-state index in [0.29, 0.717) is 32.0 Å². The maximum Gasteiger partial charge on any atom is 0.242 e. The zero-order chi connectivity index (χ0) is 22.5. The highest BCUT2D eigenvalue weighted by molar-refractivity contribution is 7.89. The number of benzene rings is 1. The summed E-state index contributed by atoms with van der Waals surface area (Å²) < 4.78 is 54.5. The van der Waals surface area contributed by atoms with Crippen molar-refractivity contribution >= 4 is 25.9 Å². The average molecular weight is 467 g/mol. The zero-order valence-electron chi connectivity index (χ0n) is 17.9. The molecule has 2 heterocycles. The van der Waals surface area contributed by atoms with Crippen LogP contribution in [0.2, 0.25) is 0 Å². The van der Waals surface area contributed by atoms with Gasteiger partial charge in [0.15, 0.2) is 0 Å². The maximum absolute atomic E-state index is 12.7. The van der Waals surface area contributed by atoms with Crippen LogP contribution in [0.3, 0.4) is 0 Å². The van der Waals surface area contributed by atoms with Gasteiger partial charge in [-0.25, -0.2) is 26.5 Å². The second kappa shape index (κ2) is 10.1. The third-order valence-electron chi connectivity index (χ3n) is 5.26. The molecule has 1 aliphatic heterocycles. The smallest absolute Gasteiger partial charge is 0.242 e. The van der Waals surface area contributed by atoms with Crippen LogP contribution in [0.15, 0.2) is 53.6 Å². The fourth-order valence-electron chi connectivity index (χ4n) is 3.61. The van der Waals surface area contributed by atoms with Crippen molar-refractivity contribution in [2.75, 3.05) is 31.1 Å². The van der Waals surface area contributed by atoms with Gasteiger partial charge in [0.05, 0.1) is 5.75 Å². The van der Waals surface area contributed by atoms with Gasteiger partial charge in [-0.3, -0.25) is 0 Å². The third kappa shape index (κ3) is 6.25. The minimum atomic E-state index is -3.61. The first-order valence-corrected chi connectivity index (χ1v) is 13.6. The monoisotopic (exact) mass is 466 g/mol. The number of aromatic nitrogens is 1. The van der Waals surface area contributed by atoms with Gasteiger partial charge in [0.1, 0.15) is 10.7 Å². The summed E-state index contributed by atoms with van der Waals surface area (Å²) in [5, 5.41) is 0. The van der Waals surface area contributed by atoms with Crippen molar-refractivity contribution in [3.63, 3.8) is 0 Å². The number of pyridine rings is 1. The molecule has 3 rings (SSSR count). The molecule has 1 fully saturated rings. The molecule has 0 amide bonds. The SMILES string of the molecule is CCCC(C)NS(=O)(=O)c1ccc(N2CCN(S(=O)(=O)Cc3ccccc3)CC2)nc1. The molecule has 1 aromatic carbocycles. The summed E-state index contributed by atoms with van der Waals surface area (Å²) in [7, 11) is -6.99. The van der Waals surface area contributed by atoms with Crippen LogP contribution in [0.1, 0.15) is 32.3 Å². The van der Waals surface area contributed by atoms with Gasteiger partial charge in [-0.2, -0.15) is 4.31 Å². The Morgan fingerprint density at radius 3 is 2.26 bits per heavy atom. The largest absolute Gasteiger partial charge is 0.354 e. The van der Waals surface area contributed by atoms with Crippen LogP contribution in [0.25, 0.3) is 0 Å². The van der Waals surface area contributed by atoms with Crippen molar-refractivity contribution < 1.29 is 16.8 Å². The highest BCUT2D eigenvalue weighted by atomic mass is 32.2. The molecule has 1 unspecified atom stereocenters. The molecule has 170 valence electrons. The highest BCUT2D eigenvalue weighted by Gasteiger charge is 2.28. The number of hydrogen-bond donors (Lipinski definition) is 1. The van der Waals surface area contributed by atoms with Crippen molar-refractivity contribution in [3.05, 3.63) is 54.2 Å². The lowest BCUT2D eigenvalue weighted by atomic mass is 10.2. The summed E-state index contributed by atoms with van der Waals surface area (Å²) in [6.07, 6.45) is 3.02. The van der Waals surface area contributed by atoms with Gasteiger partial charge in [0, 0.05) is 38.4 Å². The van der Waals surface area contributed by atoms with Crippen LogP contribution in [0.5, 0.6) is 0 Å². The Bertz CT molecular complexity index is 1050. The van der Waals surface area contributed by atoms with E-state index in [-0.39, 0.29) is 16.7 Å². The standard InChI is InChI=1S/C21H30N4O4S2/c1-3-7-18(2)23-31(28,29)20-10-11-21(22-16-20)24-12-14-25(15-13-24)30(26,27)17-19-8-5-4-6-9-19/h4-6,8-11,16,18,23H,3,7,12-15,17H2,1-2H3. The van der Waals surface area contributed by atoms with E-state index in [1.165, 1.54) is 10.5 Å². The lowest BCUT2D eigenvalue weighted by molar-refractivity contribution is 0.383. The molecule has 31 heavy (non-hydrogen) atoms. The van der Waals surface area contributed by atoms with Crippen LogP contribution in [0.4, 0.5) is 5.82 Å². The third-order valence-corrected chi connectivity index (χ3v) is 8.68. The molecule has 2 aromatic rings. The Labute approximate surface area is 185 Å². The highest BCUT2D eigenvalue weighted by Crippen LogP contribution is 2.19. The number of piperazine rings is 1. The van der Waals surface area contributed by atoms with Gasteiger partial charge in [-0.15, -0.1) is 0 Å². The Balaban J connectivity index is 1.60. The predicted octanol–water partition coefficient (Wildman–Crippen LogP) is 2.20. The number of hydrogen-bond acceptors (Lipinski definition) is 6. The van der Waals surface area contributed by atoms with E-state index in [4.69, 9.17) is 0 Å². The Kier molecular flexibility index (Phi) is 7.68. The molecule has 1 atom stereocenters. The van der Waals surface area contributed by atoms with Gasteiger partial charge in [0.2, 0.25) is 20.0 Å². The summed E-state index contributed by atoms with van der Waals surface area (Å²) >= 11 is 0. The second-order valence-corrected chi connectivity index (χ2v) is 11.5. The van der Waals surface area contributed by atoms with Gasteiger partial charge in [-0.1, -0.05) is 43.7 Å². The number of nitrogens with one attached hydrogen (secondary N) is 1. The minimum absolute atomic E-state index is 0.0118. The Morgan fingerprint density at radius 2 is 1.68 bits per heavy atom. The molecule has 0 bridgehead atoms. The molecule has 8 nitrogen and oxygen atoms in total. The average Bonchev–Trinajstić information content (AvgIpc) is 2.74. The topological polar surface area (TPSA) is 99.7 Å². The first-order valence-electron chi connectivity index (χ1n) is 10.5. The Morgan fingerprint density at radius 1 is 1.00 bits per heavy atom. The lowest BCUT2D eigenvalue weighted by Gasteiger charge is -2.34. The van der Waals surface area contributed by atoms with Gasteiger partial charge in [-0.05, 0) is 31.0 Å². The summed E-state index contributed by atoms with van der Waals surface area (Å²) in [4.78, 5) is 6.41. The quantitative estimate of drug-likeness (QED) is 0.608. The van der Waals surface area contributed by atoms with Crippen molar-refractivity contribution in [2.24, 2.45) is 0 Å². The predicted molar refractivity (Wildman–Crippen MR) is 122 cm³/mol. The van der Waals surface area contributed by atoms with Gasteiger partial charge < -0.3 is 4.90 Å². The molecule has 0 saturated carbocycles. The number of nitrogens with zero attached hydrogens (tertiary/aromatic N) is 3. The second-order valence-electron chi connectivity index (χ2n) is 7.79. The van der Waals surface area contributed by atoms with E-state index in [1.54, 1.807) is 12.1 Å². The molecule has 0 spiro atoms. The van der Waals surface area contributed by atoms with Crippen LogP contribution in [-0.4, -0.2) is 58.3 Å². The van der Waals surface area contributed by atoms with Crippen LogP contribution >= 0.6 is 0 Å². The first kappa shape index (κ1) is 23.6. The Hall–Kier alpha value is -2.01. The van der Waals surface area contributed by atoms with Gasteiger partial charge >= 0.3 is 0 Å². The van der Waals surface area contributed by atoms with E-state index >= 15 is 0 Å². The van der Waals surface area contributed by atoms with Gasteiger partial charge in [0.25, 0.3) is 0 Å². The normalized spacial score (nSPS) is 16.9. The molecule has 0 aliphatic carbocycles. The molecule has 1 N–H and O–H groups in total. The molecular weight excluding hydrogens is 436 g/mol. The van der Waals surface area contributed by atoms with Crippen molar-refractivity contribution in [2.45, 2.75) is 43.4 Å². The zero-order valence-corrected chi connectivity index (χ0v) is 19.6. The van der Waals surface area contributed by atoms with E-state index in [9.17, 15) is 16.8 Å².